The number of allylic oxidation sites excluding steroid dienone is 1. The van der Waals surface area contributed by atoms with Crippen LogP contribution in [0.2, 0.25) is 0 Å². The number of carbonyl (C=O) groups is 1. The lowest BCUT2D eigenvalue weighted by Gasteiger charge is -2.20. The van der Waals surface area contributed by atoms with Gasteiger partial charge in [0.1, 0.15) is 11.6 Å². The molecule has 0 heterocycles. The standard InChI is InChI=1S/C17H12N2O/c18-11-15-16(20)10-12-6-4-5-9-14(12)17(15)19-13-7-2-1-3-8-13/h1-9,19H,10H2. The summed E-state index contributed by atoms with van der Waals surface area (Å²) in [7, 11) is 0. The minimum Gasteiger partial charge on any atom is -0.354 e. The molecular weight excluding hydrogens is 248 g/mol. The summed E-state index contributed by atoms with van der Waals surface area (Å²) in [5, 5.41) is 12.5. The summed E-state index contributed by atoms with van der Waals surface area (Å²) in [6, 6.07) is 19.3. The van der Waals surface area contributed by atoms with Crippen LogP contribution in [-0.2, 0) is 11.2 Å². The lowest BCUT2D eigenvalue weighted by atomic mass is 9.89. The first-order valence-corrected chi connectivity index (χ1v) is 6.37. The SMILES string of the molecule is N#CC1=C(Nc2ccccc2)c2ccccc2CC1=O. The van der Waals surface area contributed by atoms with E-state index in [9.17, 15) is 10.1 Å². The molecule has 1 aliphatic rings. The number of hydrogen-bond donors (Lipinski definition) is 1. The van der Waals surface area contributed by atoms with Crippen LogP contribution >= 0.6 is 0 Å². The summed E-state index contributed by atoms with van der Waals surface area (Å²) in [6.07, 6.45) is 0.291. The summed E-state index contributed by atoms with van der Waals surface area (Å²) in [4.78, 5) is 12.1. The van der Waals surface area contributed by atoms with Crippen LogP contribution in [0.25, 0.3) is 5.70 Å². The number of nitrogens with zero attached hydrogens (tertiary/aromatic N) is 1. The minimum absolute atomic E-state index is 0.135. The Bertz CT molecular complexity index is 739. The average Bonchev–Trinajstić information content (AvgIpc) is 2.48. The molecule has 2 aromatic carbocycles. The maximum Gasteiger partial charge on any atom is 0.179 e. The fourth-order valence-corrected chi connectivity index (χ4v) is 2.37. The molecule has 3 heteroatoms. The van der Waals surface area contributed by atoms with Gasteiger partial charge in [-0.05, 0) is 17.7 Å². The van der Waals surface area contributed by atoms with Crippen LogP contribution in [0, 0.1) is 11.3 Å². The van der Waals surface area contributed by atoms with Crippen molar-refractivity contribution in [1.82, 2.24) is 0 Å². The summed E-state index contributed by atoms with van der Waals surface area (Å²) in [5.41, 5.74) is 3.54. The van der Waals surface area contributed by atoms with Gasteiger partial charge in [-0.3, -0.25) is 4.79 Å². The summed E-state index contributed by atoms with van der Waals surface area (Å²) in [5.74, 6) is -0.135. The summed E-state index contributed by atoms with van der Waals surface area (Å²) >= 11 is 0. The molecule has 1 N–H and O–H groups in total. The predicted octanol–water partition coefficient (Wildman–Crippen LogP) is 3.16. The van der Waals surface area contributed by atoms with E-state index in [1.165, 1.54) is 0 Å². The van der Waals surface area contributed by atoms with Crippen LogP contribution in [0.5, 0.6) is 0 Å². The van der Waals surface area contributed by atoms with Crippen molar-refractivity contribution in [2.75, 3.05) is 5.32 Å². The fraction of sp³-hybridized carbons (Fsp3) is 0.0588. The van der Waals surface area contributed by atoms with E-state index in [4.69, 9.17) is 0 Å². The Kier molecular flexibility index (Phi) is 3.06. The number of ketones is 1. The first kappa shape index (κ1) is 12.2. The van der Waals surface area contributed by atoms with Crippen molar-refractivity contribution in [1.29, 1.82) is 5.26 Å². The third kappa shape index (κ3) is 2.08. The van der Waals surface area contributed by atoms with E-state index in [2.05, 4.69) is 5.32 Å². The van der Waals surface area contributed by atoms with Crippen molar-refractivity contribution in [2.45, 2.75) is 6.42 Å². The number of Topliss-reactive ketones (excluding diaryl/α,β-unsaturated/α-hetero) is 1. The number of nitriles is 1. The predicted molar refractivity (Wildman–Crippen MR) is 77.8 cm³/mol. The Balaban J connectivity index is 2.13. The van der Waals surface area contributed by atoms with Crippen LogP contribution in [0.4, 0.5) is 5.69 Å². The molecular formula is C17H12N2O. The van der Waals surface area contributed by atoms with E-state index in [0.717, 1.165) is 16.8 Å². The van der Waals surface area contributed by atoms with Crippen molar-refractivity contribution in [3.8, 4) is 6.07 Å². The van der Waals surface area contributed by atoms with Gasteiger partial charge in [0.05, 0.1) is 5.70 Å². The number of rotatable bonds is 2. The van der Waals surface area contributed by atoms with Gasteiger partial charge in [-0.1, -0.05) is 42.5 Å². The topological polar surface area (TPSA) is 52.9 Å². The highest BCUT2D eigenvalue weighted by Gasteiger charge is 2.25. The van der Waals surface area contributed by atoms with Crippen molar-refractivity contribution < 1.29 is 4.79 Å². The molecule has 1 aliphatic carbocycles. The molecule has 0 fully saturated rings. The van der Waals surface area contributed by atoms with Gasteiger partial charge < -0.3 is 5.32 Å². The van der Waals surface area contributed by atoms with Crippen LogP contribution in [0.3, 0.4) is 0 Å². The van der Waals surface area contributed by atoms with E-state index in [-0.39, 0.29) is 11.4 Å². The Morgan fingerprint density at radius 1 is 1.00 bits per heavy atom. The largest absolute Gasteiger partial charge is 0.354 e. The van der Waals surface area contributed by atoms with Crippen LogP contribution in [-0.4, -0.2) is 5.78 Å². The molecule has 0 bridgehead atoms. The number of hydrogen-bond acceptors (Lipinski definition) is 3. The quantitative estimate of drug-likeness (QED) is 0.902. The van der Waals surface area contributed by atoms with E-state index < -0.39 is 0 Å². The molecule has 96 valence electrons. The van der Waals surface area contributed by atoms with E-state index in [1.807, 2.05) is 60.7 Å². The van der Waals surface area contributed by atoms with Crippen LogP contribution in [0.1, 0.15) is 11.1 Å². The van der Waals surface area contributed by atoms with Gasteiger partial charge in [0.25, 0.3) is 0 Å². The molecule has 0 saturated carbocycles. The van der Waals surface area contributed by atoms with E-state index in [0.29, 0.717) is 12.1 Å². The highest BCUT2D eigenvalue weighted by Crippen LogP contribution is 2.30. The summed E-state index contributed by atoms with van der Waals surface area (Å²) < 4.78 is 0. The smallest absolute Gasteiger partial charge is 0.179 e. The number of nitrogens with one attached hydrogen (secondary N) is 1. The Labute approximate surface area is 117 Å². The number of benzene rings is 2. The van der Waals surface area contributed by atoms with Gasteiger partial charge in [-0.15, -0.1) is 0 Å². The van der Waals surface area contributed by atoms with Gasteiger partial charge in [0.2, 0.25) is 0 Å². The zero-order valence-electron chi connectivity index (χ0n) is 10.8. The molecule has 0 unspecified atom stereocenters. The van der Waals surface area contributed by atoms with E-state index >= 15 is 0 Å². The van der Waals surface area contributed by atoms with Gasteiger partial charge in [-0.2, -0.15) is 5.26 Å². The number of fused-ring (bicyclic) bond motifs is 1. The maximum atomic E-state index is 12.1. The molecule has 3 rings (SSSR count). The van der Waals surface area contributed by atoms with Gasteiger partial charge in [0.15, 0.2) is 5.78 Å². The Hall–Kier alpha value is -2.86. The summed E-state index contributed by atoms with van der Waals surface area (Å²) in [6.45, 7) is 0. The molecule has 0 atom stereocenters. The first-order chi connectivity index (χ1) is 9.79. The van der Waals surface area contributed by atoms with E-state index in [1.54, 1.807) is 0 Å². The zero-order chi connectivity index (χ0) is 13.9. The van der Waals surface area contributed by atoms with Crippen LogP contribution in [0.15, 0.2) is 60.2 Å². The van der Waals surface area contributed by atoms with Gasteiger partial charge in [-0.25, -0.2) is 0 Å². The fourth-order valence-electron chi connectivity index (χ4n) is 2.37. The first-order valence-electron chi connectivity index (χ1n) is 6.37. The second kappa shape index (κ2) is 5.02. The third-order valence-electron chi connectivity index (χ3n) is 3.32. The van der Waals surface area contributed by atoms with Gasteiger partial charge in [0, 0.05) is 17.7 Å². The normalized spacial score (nSPS) is 13.7. The number of para-hydroxylation sites is 1. The molecule has 0 radical (unpaired) electrons. The highest BCUT2D eigenvalue weighted by molar-refractivity contribution is 6.11. The molecule has 0 aromatic heterocycles. The highest BCUT2D eigenvalue weighted by atomic mass is 16.1. The molecule has 2 aromatic rings. The van der Waals surface area contributed by atoms with Crippen LogP contribution < -0.4 is 5.32 Å². The zero-order valence-corrected chi connectivity index (χ0v) is 10.8. The molecule has 0 saturated heterocycles. The van der Waals surface area contributed by atoms with Crippen molar-refractivity contribution in [2.24, 2.45) is 0 Å². The number of anilines is 1. The lowest BCUT2D eigenvalue weighted by Crippen LogP contribution is -2.18. The van der Waals surface area contributed by atoms with Crippen molar-refractivity contribution in [3.63, 3.8) is 0 Å². The molecule has 0 amide bonds. The third-order valence-corrected chi connectivity index (χ3v) is 3.32. The molecule has 0 spiro atoms. The lowest BCUT2D eigenvalue weighted by molar-refractivity contribution is -0.114. The average molecular weight is 260 g/mol. The monoisotopic (exact) mass is 260 g/mol. The molecule has 0 aliphatic heterocycles. The molecule has 20 heavy (non-hydrogen) atoms. The molecule has 3 nitrogen and oxygen atoms in total. The number of carbonyl (C=O) groups excluding carboxylic acids is 1. The second-order valence-electron chi connectivity index (χ2n) is 4.61. The maximum absolute atomic E-state index is 12.1. The minimum atomic E-state index is -0.135. The van der Waals surface area contributed by atoms with Crippen molar-refractivity contribution in [3.05, 3.63) is 71.3 Å². The van der Waals surface area contributed by atoms with Crippen molar-refractivity contribution >= 4 is 17.2 Å². The Morgan fingerprint density at radius 3 is 2.45 bits per heavy atom. The Morgan fingerprint density at radius 2 is 1.70 bits per heavy atom. The second-order valence-corrected chi connectivity index (χ2v) is 4.61. The van der Waals surface area contributed by atoms with Gasteiger partial charge >= 0.3 is 0 Å².